The van der Waals surface area contributed by atoms with Crippen LogP contribution in [0.2, 0.25) is 0 Å². The number of nitrogens with zero attached hydrogens (tertiary/aromatic N) is 1. The third-order valence-electron chi connectivity index (χ3n) is 4.71. The summed E-state index contributed by atoms with van der Waals surface area (Å²) in [5.74, 6) is 0.134. The van der Waals surface area contributed by atoms with Crippen LogP contribution in [0.3, 0.4) is 0 Å². The van der Waals surface area contributed by atoms with Crippen LogP contribution in [0.1, 0.15) is 22.8 Å². The Morgan fingerprint density at radius 3 is 2.65 bits per heavy atom. The Kier molecular flexibility index (Phi) is 4.85. The maximum absolute atomic E-state index is 13.7. The fourth-order valence-electron chi connectivity index (χ4n) is 3.38. The highest BCUT2D eigenvalue weighted by atomic mass is 32.2. The molecule has 1 aliphatic heterocycles. The Morgan fingerprint density at radius 1 is 1.00 bits per heavy atom. The van der Waals surface area contributed by atoms with E-state index >= 15 is 0 Å². The number of para-hydroxylation sites is 2. The van der Waals surface area contributed by atoms with Crippen LogP contribution in [0.5, 0.6) is 5.75 Å². The zero-order valence-electron chi connectivity index (χ0n) is 14.3. The molecule has 0 bridgehead atoms. The number of phenolic OH excluding ortho intramolecular Hbond substituents is 1. The number of hydrogen-bond donors (Lipinski definition) is 1. The maximum atomic E-state index is 13.7. The Morgan fingerprint density at radius 2 is 1.81 bits per heavy atom. The largest absolute Gasteiger partial charge is 0.508 e. The van der Waals surface area contributed by atoms with Gasteiger partial charge in [0.1, 0.15) is 11.6 Å². The van der Waals surface area contributed by atoms with E-state index in [0.717, 1.165) is 24.1 Å². The van der Waals surface area contributed by atoms with Crippen LogP contribution in [0.4, 0.5) is 10.1 Å². The second-order valence-electron chi connectivity index (χ2n) is 6.47. The Hall–Kier alpha value is -2.46. The molecule has 132 valence electrons. The number of fused-ring (bicyclic) bond motifs is 1. The molecule has 26 heavy (non-hydrogen) atoms. The molecule has 0 fully saturated rings. The molecule has 0 unspecified atom stereocenters. The van der Waals surface area contributed by atoms with Gasteiger partial charge in [0.25, 0.3) is 0 Å². The van der Waals surface area contributed by atoms with E-state index in [0.29, 0.717) is 12.3 Å². The lowest BCUT2D eigenvalue weighted by atomic mass is 10.1. The highest BCUT2D eigenvalue weighted by Gasteiger charge is 2.24. The molecule has 0 saturated carbocycles. The van der Waals surface area contributed by atoms with Crippen LogP contribution >= 0.6 is 11.8 Å². The first-order valence-electron chi connectivity index (χ1n) is 8.74. The van der Waals surface area contributed by atoms with Crippen molar-refractivity contribution >= 4 is 17.4 Å². The second-order valence-corrected chi connectivity index (χ2v) is 7.71. The minimum Gasteiger partial charge on any atom is -0.508 e. The molecule has 1 heterocycles. The van der Waals surface area contributed by atoms with E-state index in [-0.39, 0.29) is 11.1 Å². The molecule has 1 N–H and O–H groups in total. The van der Waals surface area contributed by atoms with Crippen molar-refractivity contribution in [1.82, 2.24) is 0 Å². The van der Waals surface area contributed by atoms with Crippen LogP contribution < -0.4 is 4.90 Å². The number of hydrogen-bond acceptors (Lipinski definition) is 3. The van der Waals surface area contributed by atoms with Gasteiger partial charge in [-0.3, -0.25) is 0 Å². The molecule has 0 radical (unpaired) electrons. The summed E-state index contributed by atoms with van der Waals surface area (Å²) in [6.07, 6.45) is 0.913. The predicted octanol–water partition coefficient (Wildman–Crippen LogP) is 5.78. The molecule has 1 aliphatic rings. The predicted molar refractivity (Wildman–Crippen MR) is 105 cm³/mol. The lowest BCUT2D eigenvalue weighted by molar-refractivity contribution is 0.467. The molecular weight excluding hydrogens is 345 g/mol. The van der Waals surface area contributed by atoms with Gasteiger partial charge in [-0.25, -0.2) is 4.39 Å². The van der Waals surface area contributed by atoms with E-state index in [1.165, 1.54) is 16.6 Å². The topological polar surface area (TPSA) is 23.5 Å². The molecule has 0 amide bonds. The van der Waals surface area contributed by atoms with Crippen molar-refractivity contribution in [2.45, 2.75) is 23.1 Å². The van der Waals surface area contributed by atoms with Crippen LogP contribution in [-0.2, 0) is 6.54 Å². The molecule has 0 saturated heterocycles. The molecule has 1 atom stereocenters. The van der Waals surface area contributed by atoms with E-state index in [1.54, 1.807) is 30.0 Å². The fraction of sp³-hybridized carbons (Fsp3) is 0.182. The molecule has 4 rings (SSSR count). The monoisotopic (exact) mass is 365 g/mol. The summed E-state index contributed by atoms with van der Waals surface area (Å²) in [5.41, 5.74) is 3.10. The summed E-state index contributed by atoms with van der Waals surface area (Å²) >= 11 is 1.79. The summed E-state index contributed by atoms with van der Waals surface area (Å²) in [6.45, 7) is 1.50. The van der Waals surface area contributed by atoms with Crippen LogP contribution in [0.15, 0.2) is 77.7 Å². The Bertz CT molecular complexity index is 914. The number of aromatic hydroxyl groups is 1. The van der Waals surface area contributed by atoms with Crippen molar-refractivity contribution in [3.63, 3.8) is 0 Å². The van der Waals surface area contributed by atoms with E-state index in [1.807, 2.05) is 36.4 Å². The SMILES string of the molecule is Oc1ccccc1CN1CC[C@@H](c2cccc(F)c2)Sc2ccccc21. The van der Waals surface area contributed by atoms with Gasteiger partial charge in [0.2, 0.25) is 0 Å². The van der Waals surface area contributed by atoms with Gasteiger partial charge >= 0.3 is 0 Å². The number of halogens is 1. The van der Waals surface area contributed by atoms with Gasteiger partial charge in [-0.15, -0.1) is 11.8 Å². The molecule has 0 aromatic heterocycles. The third kappa shape index (κ3) is 3.56. The maximum Gasteiger partial charge on any atom is 0.123 e. The first kappa shape index (κ1) is 17.0. The Balaban J connectivity index is 1.65. The average molecular weight is 365 g/mol. The van der Waals surface area contributed by atoms with Gasteiger partial charge in [-0.1, -0.05) is 42.5 Å². The summed E-state index contributed by atoms with van der Waals surface area (Å²) in [5, 5.41) is 10.4. The highest BCUT2D eigenvalue weighted by Crippen LogP contribution is 2.45. The van der Waals surface area contributed by atoms with E-state index < -0.39 is 0 Å². The molecule has 0 aliphatic carbocycles. The van der Waals surface area contributed by atoms with Gasteiger partial charge in [0.05, 0.1) is 5.69 Å². The van der Waals surface area contributed by atoms with Crippen LogP contribution in [0.25, 0.3) is 0 Å². The number of rotatable bonds is 3. The number of phenols is 1. The molecule has 3 aromatic rings. The van der Waals surface area contributed by atoms with Crippen LogP contribution in [-0.4, -0.2) is 11.7 Å². The van der Waals surface area contributed by atoms with E-state index in [2.05, 4.69) is 17.0 Å². The average Bonchev–Trinajstić information content (AvgIpc) is 2.84. The van der Waals surface area contributed by atoms with Crippen molar-refractivity contribution in [2.75, 3.05) is 11.4 Å². The van der Waals surface area contributed by atoms with Crippen molar-refractivity contribution in [3.8, 4) is 5.75 Å². The first-order valence-corrected chi connectivity index (χ1v) is 9.61. The van der Waals surface area contributed by atoms with Crippen molar-refractivity contribution < 1.29 is 9.50 Å². The minimum absolute atomic E-state index is 0.188. The standard InChI is InChI=1S/C22H20FNOS/c23-18-8-5-7-16(14-18)21-12-13-24(15-17-6-1-3-10-20(17)25)19-9-2-4-11-22(19)26-21/h1-11,14,21,25H,12-13,15H2/t21-/m0/s1. The third-order valence-corrected chi connectivity index (χ3v) is 6.10. The van der Waals surface area contributed by atoms with Crippen molar-refractivity contribution in [3.05, 3.63) is 89.7 Å². The molecule has 4 heteroatoms. The van der Waals surface area contributed by atoms with E-state index in [4.69, 9.17) is 0 Å². The van der Waals surface area contributed by atoms with Gasteiger partial charge in [0.15, 0.2) is 0 Å². The lowest BCUT2D eigenvalue weighted by Gasteiger charge is -2.25. The summed E-state index contributed by atoms with van der Waals surface area (Å²) in [7, 11) is 0. The molecule has 0 spiro atoms. The second kappa shape index (κ2) is 7.42. The van der Waals surface area contributed by atoms with Gasteiger partial charge < -0.3 is 10.0 Å². The Labute approximate surface area is 157 Å². The highest BCUT2D eigenvalue weighted by molar-refractivity contribution is 7.99. The molecule has 3 aromatic carbocycles. The summed E-state index contributed by atoms with van der Waals surface area (Å²) in [4.78, 5) is 3.49. The van der Waals surface area contributed by atoms with E-state index in [9.17, 15) is 9.50 Å². The number of thioether (sulfide) groups is 1. The summed E-state index contributed by atoms with van der Waals surface area (Å²) < 4.78 is 13.7. The molecular formula is C22H20FNOS. The number of anilines is 1. The van der Waals surface area contributed by atoms with Gasteiger partial charge in [0, 0.05) is 28.8 Å². The zero-order chi connectivity index (χ0) is 17.9. The normalized spacial score (nSPS) is 16.8. The first-order chi connectivity index (χ1) is 12.7. The molecule has 2 nitrogen and oxygen atoms in total. The van der Waals surface area contributed by atoms with Crippen LogP contribution in [0, 0.1) is 5.82 Å². The minimum atomic E-state index is -0.188. The van der Waals surface area contributed by atoms with Crippen molar-refractivity contribution in [2.24, 2.45) is 0 Å². The fourth-order valence-corrected chi connectivity index (χ4v) is 4.67. The number of benzene rings is 3. The quantitative estimate of drug-likeness (QED) is 0.637. The smallest absolute Gasteiger partial charge is 0.123 e. The zero-order valence-corrected chi connectivity index (χ0v) is 15.1. The van der Waals surface area contributed by atoms with Crippen molar-refractivity contribution in [1.29, 1.82) is 0 Å². The lowest BCUT2D eigenvalue weighted by Crippen LogP contribution is -2.24. The van der Waals surface area contributed by atoms with Gasteiger partial charge in [-0.05, 0) is 42.3 Å². The van der Waals surface area contributed by atoms with Gasteiger partial charge in [-0.2, -0.15) is 0 Å². The summed E-state index contributed by atoms with van der Waals surface area (Å²) in [6, 6.07) is 22.7.